The van der Waals surface area contributed by atoms with E-state index in [1.54, 1.807) is 0 Å². The van der Waals surface area contributed by atoms with Crippen molar-refractivity contribution in [3.8, 4) is 0 Å². The molecule has 19 heavy (non-hydrogen) atoms. The number of hydrogen-bond acceptors (Lipinski definition) is 2. The maximum atomic E-state index is 3.71. The fourth-order valence-corrected chi connectivity index (χ4v) is 3.68. The van der Waals surface area contributed by atoms with Crippen LogP contribution >= 0.6 is 15.9 Å². The Balaban J connectivity index is 1.45. The maximum absolute atomic E-state index is 3.71. The summed E-state index contributed by atoms with van der Waals surface area (Å²) in [6, 6.07) is 10.2. The van der Waals surface area contributed by atoms with Crippen LogP contribution in [0, 0.1) is 0 Å². The first-order valence-electron chi connectivity index (χ1n) is 7.53. The quantitative estimate of drug-likeness (QED) is 0.911. The molecule has 0 radical (unpaired) electrons. The first-order valence-corrected chi connectivity index (χ1v) is 8.32. The third kappa shape index (κ3) is 3.59. The van der Waals surface area contributed by atoms with Gasteiger partial charge in [-0.2, -0.15) is 0 Å². The molecule has 1 N–H and O–H groups in total. The molecule has 1 atom stereocenters. The van der Waals surface area contributed by atoms with Crippen LogP contribution < -0.4 is 5.32 Å². The van der Waals surface area contributed by atoms with Gasteiger partial charge >= 0.3 is 0 Å². The van der Waals surface area contributed by atoms with Crippen molar-refractivity contribution in [1.29, 1.82) is 0 Å². The largest absolute Gasteiger partial charge is 0.309 e. The maximum Gasteiger partial charge on any atom is 0.0210 e. The summed E-state index contributed by atoms with van der Waals surface area (Å²) in [6.45, 7) is 3.54. The molecule has 104 valence electrons. The first-order chi connectivity index (χ1) is 9.31. The van der Waals surface area contributed by atoms with Crippen LogP contribution in [0.1, 0.15) is 37.7 Å². The Morgan fingerprint density at radius 3 is 2.58 bits per heavy atom. The summed E-state index contributed by atoms with van der Waals surface area (Å²) >= 11 is 3.48. The minimum atomic E-state index is 0.684. The lowest BCUT2D eigenvalue weighted by Crippen LogP contribution is -2.36. The van der Waals surface area contributed by atoms with Gasteiger partial charge in [0, 0.05) is 36.2 Å². The zero-order chi connectivity index (χ0) is 13.1. The van der Waals surface area contributed by atoms with Crippen LogP contribution in [0.2, 0.25) is 0 Å². The van der Waals surface area contributed by atoms with Crippen molar-refractivity contribution in [2.45, 2.75) is 50.7 Å². The van der Waals surface area contributed by atoms with Crippen molar-refractivity contribution in [2.24, 2.45) is 0 Å². The van der Waals surface area contributed by atoms with E-state index in [0.717, 1.165) is 17.1 Å². The molecule has 3 heteroatoms. The van der Waals surface area contributed by atoms with Gasteiger partial charge in [0.25, 0.3) is 0 Å². The van der Waals surface area contributed by atoms with Gasteiger partial charge in [-0.1, -0.05) is 40.9 Å². The van der Waals surface area contributed by atoms with Crippen molar-refractivity contribution in [2.75, 3.05) is 13.1 Å². The monoisotopic (exact) mass is 322 g/mol. The van der Waals surface area contributed by atoms with E-state index in [9.17, 15) is 0 Å². The predicted molar refractivity (Wildman–Crippen MR) is 83.2 cm³/mol. The molecule has 1 saturated carbocycles. The van der Waals surface area contributed by atoms with E-state index in [1.807, 2.05) is 0 Å². The van der Waals surface area contributed by atoms with Gasteiger partial charge in [-0.25, -0.2) is 0 Å². The van der Waals surface area contributed by atoms with Gasteiger partial charge in [0.05, 0.1) is 0 Å². The van der Waals surface area contributed by atoms with Crippen LogP contribution in [-0.2, 0) is 6.54 Å². The van der Waals surface area contributed by atoms with Gasteiger partial charge in [0.15, 0.2) is 0 Å². The Morgan fingerprint density at radius 1 is 1.11 bits per heavy atom. The van der Waals surface area contributed by atoms with Crippen molar-refractivity contribution in [3.05, 3.63) is 34.3 Å². The van der Waals surface area contributed by atoms with E-state index in [4.69, 9.17) is 0 Å². The molecule has 0 aromatic heterocycles. The second-order valence-electron chi connectivity index (χ2n) is 5.93. The molecular formula is C16H23BrN2. The molecule has 1 aromatic rings. The Hall–Kier alpha value is -0.380. The van der Waals surface area contributed by atoms with Gasteiger partial charge < -0.3 is 5.32 Å². The lowest BCUT2D eigenvalue weighted by Gasteiger charge is -2.23. The second kappa shape index (κ2) is 6.38. The normalized spacial score (nSPS) is 25.2. The average molecular weight is 323 g/mol. The van der Waals surface area contributed by atoms with Gasteiger partial charge in [-0.05, 0) is 37.0 Å². The summed E-state index contributed by atoms with van der Waals surface area (Å²) < 4.78 is 1.16. The number of hydrogen-bond donors (Lipinski definition) is 1. The SMILES string of the molecule is Brc1ccc(CN[C@H]2CCN(C3CCCC3)C2)cc1. The highest BCUT2D eigenvalue weighted by atomic mass is 79.9. The first kappa shape index (κ1) is 13.6. The van der Waals surface area contributed by atoms with Crippen LogP contribution in [0.5, 0.6) is 0 Å². The summed E-state index contributed by atoms with van der Waals surface area (Å²) in [7, 11) is 0. The highest BCUT2D eigenvalue weighted by Crippen LogP contribution is 2.26. The molecule has 1 aliphatic carbocycles. The second-order valence-corrected chi connectivity index (χ2v) is 6.84. The Bertz CT molecular complexity index is 398. The minimum Gasteiger partial charge on any atom is -0.309 e. The molecule has 1 heterocycles. The fourth-order valence-electron chi connectivity index (χ4n) is 3.42. The molecule has 3 rings (SSSR count). The van der Waals surface area contributed by atoms with Gasteiger partial charge in [0.2, 0.25) is 0 Å². The summed E-state index contributed by atoms with van der Waals surface area (Å²) in [6.07, 6.45) is 7.06. The van der Waals surface area contributed by atoms with E-state index in [-0.39, 0.29) is 0 Å². The number of rotatable bonds is 4. The molecule has 1 saturated heterocycles. The smallest absolute Gasteiger partial charge is 0.0210 e. The third-order valence-corrected chi connectivity index (χ3v) is 5.10. The molecule has 2 nitrogen and oxygen atoms in total. The predicted octanol–water partition coefficient (Wildman–Crippen LogP) is 3.56. The number of nitrogens with zero attached hydrogens (tertiary/aromatic N) is 1. The van der Waals surface area contributed by atoms with Gasteiger partial charge in [-0.3, -0.25) is 4.90 Å². The number of halogens is 1. The highest BCUT2D eigenvalue weighted by Gasteiger charge is 2.29. The van der Waals surface area contributed by atoms with E-state index in [0.29, 0.717) is 6.04 Å². The molecular weight excluding hydrogens is 300 g/mol. The average Bonchev–Trinajstić information content (AvgIpc) is 3.09. The Morgan fingerprint density at radius 2 is 1.84 bits per heavy atom. The summed E-state index contributed by atoms with van der Waals surface area (Å²) in [5.74, 6) is 0. The minimum absolute atomic E-state index is 0.684. The summed E-state index contributed by atoms with van der Waals surface area (Å²) in [5.41, 5.74) is 1.38. The molecule has 1 aliphatic heterocycles. The standard InChI is InChI=1S/C16H23BrN2/c17-14-7-5-13(6-8-14)11-18-15-9-10-19(12-15)16-3-1-2-4-16/h5-8,15-16,18H,1-4,9-12H2/t15-/m0/s1. The van der Waals surface area contributed by atoms with Crippen LogP contribution in [0.15, 0.2) is 28.7 Å². The van der Waals surface area contributed by atoms with Crippen LogP contribution in [0.25, 0.3) is 0 Å². The van der Waals surface area contributed by atoms with Crippen molar-refractivity contribution in [3.63, 3.8) is 0 Å². The summed E-state index contributed by atoms with van der Waals surface area (Å²) in [4.78, 5) is 2.71. The van der Waals surface area contributed by atoms with Crippen molar-refractivity contribution in [1.82, 2.24) is 10.2 Å². The third-order valence-electron chi connectivity index (χ3n) is 4.57. The topological polar surface area (TPSA) is 15.3 Å². The van der Waals surface area contributed by atoms with Gasteiger partial charge in [0.1, 0.15) is 0 Å². The number of nitrogens with one attached hydrogen (secondary N) is 1. The van der Waals surface area contributed by atoms with Crippen molar-refractivity contribution >= 4 is 15.9 Å². The van der Waals surface area contributed by atoms with Gasteiger partial charge in [-0.15, -0.1) is 0 Å². The van der Waals surface area contributed by atoms with Crippen molar-refractivity contribution < 1.29 is 0 Å². The lowest BCUT2D eigenvalue weighted by molar-refractivity contribution is 0.240. The fraction of sp³-hybridized carbons (Fsp3) is 0.625. The summed E-state index contributed by atoms with van der Waals surface area (Å²) in [5, 5.41) is 3.71. The highest BCUT2D eigenvalue weighted by molar-refractivity contribution is 9.10. The van der Waals surface area contributed by atoms with Crippen LogP contribution in [-0.4, -0.2) is 30.1 Å². The zero-order valence-corrected chi connectivity index (χ0v) is 13.0. The molecule has 0 spiro atoms. The lowest BCUT2D eigenvalue weighted by atomic mass is 10.2. The van der Waals surface area contributed by atoms with E-state index < -0.39 is 0 Å². The van der Waals surface area contributed by atoms with E-state index in [2.05, 4.69) is 50.4 Å². The molecule has 0 unspecified atom stereocenters. The van der Waals surface area contributed by atoms with E-state index in [1.165, 1.54) is 50.8 Å². The number of likely N-dealkylation sites (tertiary alicyclic amines) is 1. The van der Waals surface area contributed by atoms with Crippen LogP contribution in [0.4, 0.5) is 0 Å². The molecule has 2 fully saturated rings. The molecule has 2 aliphatic rings. The zero-order valence-electron chi connectivity index (χ0n) is 11.4. The Labute approximate surface area is 124 Å². The Kier molecular flexibility index (Phi) is 4.57. The van der Waals surface area contributed by atoms with Crippen LogP contribution in [0.3, 0.4) is 0 Å². The molecule has 0 bridgehead atoms. The molecule has 1 aromatic carbocycles. The number of benzene rings is 1. The van der Waals surface area contributed by atoms with E-state index >= 15 is 0 Å². The molecule has 0 amide bonds.